The maximum absolute atomic E-state index is 13.7. The van der Waals surface area contributed by atoms with Gasteiger partial charge >= 0.3 is 0 Å². The average Bonchev–Trinajstić information content (AvgIpc) is 3.14. The number of rotatable bonds is 6. The molecule has 0 unspecified atom stereocenters. The van der Waals surface area contributed by atoms with Crippen LogP contribution in [0.2, 0.25) is 0 Å². The molecule has 176 valence electrons. The van der Waals surface area contributed by atoms with Crippen LogP contribution in [-0.2, 0) is 17.9 Å². The molecule has 7 heteroatoms. The first-order chi connectivity index (χ1) is 16.9. The summed E-state index contributed by atoms with van der Waals surface area (Å²) in [4.78, 5) is 31.3. The quantitative estimate of drug-likeness (QED) is 0.395. The smallest absolute Gasteiger partial charge is 0.278 e. The van der Waals surface area contributed by atoms with Crippen molar-refractivity contribution in [3.05, 3.63) is 100 Å². The summed E-state index contributed by atoms with van der Waals surface area (Å²) >= 11 is 0. The number of ether oxygens (including phenoxy) is 1. The highest BCUT2D eigenvalue weighted by molar-refractivity contribution is 6.06. The highest BCUT2D eigenvalue weighted by Crippen LogP contribution is 2.27. The van der Waals surface area contributed by atoms with Crippen molar-refractivity contribution in [2.75, 3.05) is 12.4 Å². The van der Waals surface area contributed by atoms with E-state index in [9.17, 15) is 9.59 Å². The van der Waals surface area contributed by atoms with Gasteiger partial charge in [-0.2, -0.15) is 0 Å². The SMILES string of the molecule is COc1ccc(Cn2cnc3c4cc(C)ccc4n(CC(=O)Nc4cccc(C)c4)c3c2=O)cc1. The molecular weight excluding hydrogens is 440 g/mol. The number of nitrogens with zero attached hydrogens (tertiary/aromatic N) is 3. The average molecular weight is 467 g/mol. The second-order valence-electron chi connectivity index (χ2n) is 8.75. The van der Waals surface area contributed by atoms with Gasteiger partial charge in [0.15, 0.2) is 0 Å². The Morgan fingerprint density at radius 3 is 2.51 bits per heavy atom. The van der Waals surface area contributed by atoms with E-state index in [2.05, 4.69) is 10.3 Å². The highest BCUT2D eigenvalue weighted by atomic mass is 16.5. The summed E-state index contributed by atoms with van der Waals surface area (Å²) in [6.07, 6.45) is 1.58. The lowest BCUT2D eigenvalue weighted by atomic mass is 10.1. The molecule has 0 radical (unpaired) electrons. The number of methoxy groups -OCH3 is 1. The molecule has 35 heavy (non-hydrogen) atoms. The second kappa shape index (κ2) is 9.10. The van der Waals surface area contributed by atoms with Crippen LogP contribution in [0, 0.1) is 13.8 Å². The maximum atomic E-state index is 13.7. The summed E-state index contributed by atoms with van der Waals surface area (Å²) in [7, 11) is 1.62. The third kappa shape index (κ3) is 4.40. The third-order valence-electron chi connectivity index (χ3n) is 6.10. The van der Waals surface area contributed by atoms with E-state index in [1.165, 1.54) is 0 Å². The van der Waals surface area contributed by atoms with E-state index in [1.807, 2.05) is 80.6 Å². The number of fused-ring (bicyclic) bond motifs is 3. The van der Waals surface area contributed by atoms with Crippen molar-refractivity contribution < 1.29 is 9.53 Å². The standard InChI is InChI=1S/C28H26N4O3/c1-18-5-4-6-21(13-18)30-25(33)16-32-24-12-7-19(2)14-23(24)26-27(32)28(34)31(17-29-26)15-20-8-10-22(35-3)11-9-20/h4-14,17H,15-16H2,1-3H3,(H,30,33). The van der Waals surface area contributed by atoms with Crippen LogP contribution in [0.15, 0.2) is 77.9 Å². The Hall–Kier alpha value is -4.39. The second-order valence-corrected chi connectivity index (χ2v) is 8.75. The number of aromatic nitrogens is 3. The molecule has 0 fully saturated rings. The van der Waals surface area contributed by atoms with E-state index < -0.39 is 0 Å². The van der Waals surface area contributed by atoms with Gasteiger partial charge < -0.3 is 14.6 Å². The number of hydrogen-bond acceptors (Lipinski definition) is 4. The molecule has 1 amide bonds. The Morgan fingerprint density at radius 1 is 1.00 bits per heavy atom. The molecule has 2 heterocycles. The van der Waals surface area contributed by atoms with E-state index in [0.29, 0.717) is 17.6 Å². The predicted octanol–water partition coefficient (Wildman–Crippen LogP) is 4.66. The Balaban J connectivity index is 1.58. The maximum Gasteiger partial charge on any atom is 0.278 e. The zero-order valence-corrected chi connectivity index (χ0v) is 19.9. The Labute approximate surface area is 202 Å². The molecule has 0 bridgehead atoms. The summed E-state index contributed by atoms with van der Waals surface area (Å²) in [6, 6.07) is 21.1. The van der Waals surface area contributed by atoms with Crippen molar-refractivity contribution in [2.45, 2.75) is 26.9 Å². The molecule has 0 spiro atoms. The lowest BCUT2D eigenvalue weighted by Gasteiger charge is -2.10. The molecule has 1 N–H and O–H groups in total. The van der Waals surface area contributed by atoms with Gasteiger partial charge in [-0.25, -0.2) is 4.98 Å². The minimum Gasteiger partial charge on any atom is -0.497 e. The van der Waals surface area contributed by atoms with Gasteiger partial charge in [0.05, 0.1) is 25.5 Å². The van der Waals surface area contributed by atoms with Crippen LogP contribution in [0.25, 0.3) is 21.9 Å². The van der Waals surface area contributed by atoms with E-state index in [-0.39, 0.29) is 18.0 Å². The topological polar surface area (TPSA) is 78.2 Å². The Morgan fingerprint density at radius 2 is 1.77 bits per heavy atom. The van der Waals surface area contributed by atoms with E-state index in [1.54, 1.807) is 22.6 Å². The third-order valence-corrected chi connectivity index (χ3v) is 6.10. The molecule has 5 aromatic rings. The fourth-order valence-corrected chi connectivity index (χ4v) is 4.39. The number of aryl methyl sites for hydroxylation is 2. The first-order valence-corrected chi connectivity index (χ1v) is 11.4. The highest BCUT2D eigenvalue weighted by Gasteiger charge is 2.19. The molecule has 2 aromatic heterocycles. The molecule has 0 saturated heterocycles. The lowest BCUT2D eigenvalue weighted by Crippen LogP contribution is -2.25. The van der Waals surface area contributed by atoms with Gasteiger partial charge in [-0.1, -0.05) is 35.9 Å². The van der Waals surface area contributed by atoms with Crippen LogP contribution in [0.3, 0.4) is 0 Å². The van der Waals surface area contributed by atoms with E-state index in [0.717, 1.165) is 39.0 Å². The van der Waals surface area contributed by atoms with Crippen molar-refractivity contribution in [1.82, 2.24) is 14.1 Å². The summed E-state index contributed by atoms with van der Waals surface area (Å²) in [6.45, 7) is 4.34. The monoisotopic (exact) mass is 466 g/mol. The molecule has 0 aliphatic rings. The van der Waals surface area contributed by atoms with Gasteiger partial charge in [0.25, 0.3) is 5.56 Å². The molecule has 0 atom stereocenters. The number of carbonyl (C=O) groups is 1. The number of benzene rings is 3. The summed E-state index contributed by atoms with van der Waals surface area (Å²) < 4.78 is 8.57. The first kappa shape index (κ1) is 22.4. The fourth-order valence-electron chi connectivity index (χ4n) is 4.39. The number of nitrogens with one attached hydrogen (secondary N) is 1. The first-order valence-electron chi connectivity index (χ1n) is 11.4. The number of amides is 1. The van der Waals surface area contributed by atoms with Crippen LogP contribution < -0.4 is 15.6 Å². The van der Waals surface area contributed by atoms with Gasteiger partial charge in [-0.15, -0.1) is 0 Å². The molecule has 0 aliphatic heterocycles. The normalized spacial score (nSPS) is 11.2. The minimum atomic E-state index is -0.208. The molecule has 5 rings (SSSR count). The van der Waals surface area contributed by atoms with Crippen molar-refractivity contribution in [2.24, 2.45) is 0 Å². The van der Waals surface area contributed by atoms with Gasteiger partial charge in [0.1, 0.15) is 23.3 Å². The molecule has 7 nitrogen and oxygen atoms in total. The van der Waals surface area contributed by atoms with E-state index >= 15 is 0 Å². The van der Waals surface area contributed by atoms with Crippen LogP contribution in [0.1, 0.15) is 16.7 Å². The largest absolute Gasteiger partial charge is 0.497 e. The van der Waals surface area contributed by atoms with Gasteiger partial charge in [-0.05, 0) is 61.4 Å². The zero-order chi connectivity index (χ0) is 24.5. The van der Waals surface area contributed by atoms with Gasteiger partial charge in [-0.3, -0.25) is 14.2 Å². The molecule has 0 aliphatic carbocycles. The number of hydrogen-bond donors (Lipinski definition) is 1. The van der Waals surface area contributed by atoms with Gasteiger partial charge in [0.2, 0.25) is 5.91 Å². The summed E-state index contributed by atoms with van der Waals surface area (Å²) in [5.41, 5.74) is 5.42. The van der Waals surface area contributed by atoms with Crippen molar-refractivity contribution >= 4 is 33.5 Å². The van der Waals surface area contributed by atoms with Crippen molar-refractivity contribution in [1.29, 1.82) is 0 Å². The Kier molecular flexibility index (Phi) is 5.82. The number of anilines is 1. The van der Waals surface area contributed by atoms with Crippen LogP contribution in [0.4, 0.5) is 5.69 Å². The molecular formula is C28H26N4O3. The van der Waals surface area contributed by atoms with Crippen molar-refractivity contribution in [3.63, 3.8) is 0 Å². The van der Waals surface area contributed by atoms with Crippen LogP contribution in [-0.4, -0.2) is 27.1 Å². The van der Waals surface area contributed by atoms with E-state index in [4.69, 9.17) is 4.74 Å². The molecule has 0 saturated carbocycles. The fraction of sp³-hybridized carbons (Fsp3) is 0.179. The predicted molar refractivity (Wildman–Crippen MR) is 138 cm³/mol. The number of carbonyl (C=O) groups excluding carboxylic acids is 1. The Bertz CT molecular complexity index is 1610. The van der Waals surface area contributed by atoms with Crippen molar-refractivity contribution in [3.8, 4) is 5.75 Å². The summed E-state index contributed by atoms with van der Waals surface area (Å²) in [5.74, 6) is 0.546. The molecule has 3 aromatic carbocycles. The zero-order valence-electron chi connectivity index (χ0n) is 19.9. The minimum absolute atomic E-state index is 0.000468. The lowest BCUT2D eigenvalue weighted by molar-refractivity contribution is -0.116. The van der Waals surface area contributed by atoms with Gasteiger partial charge in [0, 0.05) is 11.1 Å². The van der Waals surface area contributed by atoms with Crippen LogP contribution in [0.5, 0.6) is 5.75 Å². The van der Waals surface area contributed by atoms with Crippen LogP contribution >= 0.6 is 0 Å². The summed E-state index contributed by atoms with van der Waals surface area (Å²) in [5, 5.41) is 3.80.